The van der Waals surface area contributed by atoms with E-state index in [0.717, 1.165) is 17.4 Å². The zero-order chi connectivity index (χ0) is 14.0. The number of hydrogen-bond acceptors (Lipinski definition) is 3. The van der Waals surface area contributed by atoms with Gasteiger partial charge in [0, 0.05) is 10.4 Å². The maximum atomic E-state index is 12.0. The van der Waals surface area contributed by atoms with Gasteiger partial charge in [0.05, 0.1) is 5.41 Å². The molecule has 0 radical (unpaired) electrons. The highest BCUT2D eigenvalue weighted by Gasteiger charge is 2.35. The van der Waals surface area contributed by atoms with Gasteiger partial charge in [-0.15, -0.1) is 0 Å². The fourth-order valence-electron chi connectivity index (χ4n) is 2.19. The van der Waals surface area contributed by atoms with Gasteiger partial charge in [-0.25, -0.2) is 0 Å². The Morgan fingerprint density at radius 1 is 1.37 bits per heavy atom. The van der Waals surface area contributed by atoms with Crippen molar-refractivity contribution in [1.29, 1.82) is 0 Å². The first-order chi connectivity index (χ1) is 8.89. The van der Waals surface area contributed by atoms with Crippen LogP contribution in [0.1, 0.15) is 38.7 Å². The minimum Gasteiger partial charge on any atom is -0.445 e. The monoisotopic (exact) mass is 325 g/mol. The molecule has 1 heterocycles. The predicted octanol–water partition coefficient (Wildman–Crippen LogP) is 3.44. The average Bonchev–Trinajstić information content (AvgIpc) is 2.76. The van der Waals surface area contributed by atoms with Crippen LogP contribution in [0.2, 0.25) is 0 Å². The summed E-state index contributed by atoms with van der Waals surface area (Å²) in [4.78, 5) is 12.0. The summed E-state index contributed by atoms with van der Waals surface area (Å²) in [7, 11) is 0. The molecule has 2 rings (SSSR count). The van der Waals surface area contributed by atoms with Gasteiger partial charge in [-0.05, 0) is 45.4 Å². The van der Waals surface area contributed by atoms with Gasteiger partial charge in [-0.2, -0.15) is 0 Å². The summed E-state index contributed by atoms with van der Waals surface area (Å²) in [6.07, 6.45) is 0.746. The number of carbonyl (C=O) groups is 1. The van der Waals surface area contributed by atoms with Crippen LogP contribution in [0.4, 0.5) is 0 Å². The van der Waals surface area contributed by atoms with Crippen molar-refractivity contribution in [3.8, 4) is 0 Å². The Bertz CT molecular complexity index is 467. The first-order valence-corrected chi connectivity index (χ1v) is 7.38. The number of rotatable bonds is 2. The van der Waals surface area contributed by atoms with Crippen molar-refractivity contribution in [2.75, 3.05) is 6.54 Å². The van der Waals surface area contributed by atoms with E-state index in [9.17, 15) is 4.79 Å². The summed E-state index contributed by atoms with van der Waals surface area (Å²) < 4.78 is 6.70. The number of carbonyl (C=O) groups excluding carboxylic acids is 1. The molecular formula is C15H20BrNO2. The maximum absolute atomic E-state index is 12.0. The highest BCUT2D eigenvalue weighted by atomic mass is 79.9. The first kappa shape index (κ1) is 14.5. The van der Waals surface area contributed by atoms with E-state index in [2.05, 4.69) is 27.3 Å². The third-order valence-corrected chi connectivity index (χ3v) is 4.04. The van der Waals surface area contributed by atoms with Crippen molar-refractivity contribution in [2.45, 2.75) is 39.3 Å². The summed E-state index contributed by atoms with van der Waals surface area (Å²) in [5, 5.41) is 3.27. The van der Waals surface area contributed by atoms with Gasteiger partial charge in [-0.3, -0.25) is 10.1 Å². The number of esters is 1. The Labute approximate surface area is 122 Å². The lowest BCUT2D eigenvalue weighted by molar-refractivity contribution is -0.160. The molecule has 1 aromatic carbocycles. The molecule has 1 aliphatic heterocycles. The molecule has 1 N–H and O–H groups in total. The van der Waals surface area contributed by atoms with Crippen molar-refractivity contribution in [3.63, 3.8) is 0 Å². The number of hydrogen-bond donors (Lipinski definition) is 1. The maximum Gasteiger partial charge on any atom is 0.312 e. The van der Waals surface area contributed by atoms with E-state index in [0.29, 0.717) is 0 Å². The average molecular weight is 326 g/mol. The first-order valence-electron chi connectivity index (χ1n) is 6.58. The van der Waals surface area contributed by atoms with E-state index in [1.54, 1.807) is 0 Å². The lowest BCUT2D eigenvalue weighted by Crippen LogP contribution is -2.36. The van der Waals surface area contributed by atoms with Crippen LogP contribution >= 0.6 is 15.9 Å². The molecule has 3 nitrogen and oxygen atoms in total. The van der Waals surface area contributed by atoms with Crippen LogP contribution in [0.5, 0.6) is 0 Å². The normalized spacial score (nSPS) is 23.4. The molecule has 4 heteroatoms. The lowest BCUT2D eigenvalue weighted by Gasteiger charge is -2.25. The molecule has 0 aromatic heterocycles. The number of nitrogens with one attached hydrogen (secondary N) is 1. The predicted molar refractivity (Wildman–Crippen MR) is 78.8 cm³/mol. The standard InChI is InChI=1S/C15H20BrNO2/c1-15(2,3)14(18)19-13-11(8-9-17-13)10-6-4-5-7-12(10)16/h4-7,11,13,17H,8-9H2,1-3H3. The molecule has 1 fully saturated rings. The van der Waals surface area contributed by atoms with Crippen LogP contribution in [-0.2, 0) is 9.53 Å². The molecule has 2 unspecified atom stereocenters. The molecular weight excluding hydrogens is 306 g/mol. The summed E-state index contributed by atoms with van der Waals surface area (Å²) in [6, 6.07) is 8.11. The fraction of sp³-hybridized carbons (Fsp3) is 0.533. The largest absolute Gasteiger partial charge is 0.445 e. The summed E-state index contributed by atoms with van der Waals surface area (Å²) >= 11 is 3.57. The summed E-state index contributed by atoms with van der Waals surface area (Å²) in [5.41, 5.74) is 0.724. The van der Waals surface area contributed by atoms with Gasteiger partial charge >= 0.3 is 5.97 Å². The second-order valence-corrected chi connectivity index (χ2v) is 6.80. The Balaban J connectivity index is 2.14. The molecule has 1 aliphatic rings. The smallest absolute Gasteiger partial charge is 0.312 e. The summed E-state index contributed by atoms with van der Waals surface area (Å²) in [5.74, 6) is 0.0471. The van der Waals surface area contributed by atoms with Crippen molar-refractivity contribution < 1.29 is 9.53 Å². The van der Waals surface area contributed by atoms with Gasteiger partial charge in [0.2, 0.25) is 0 Å². The van der Waals surface area contributed by atoms with Crippen LogP contribution in [0, 0.1) is 5.41 Å². The Kier molecular flexibility index (Phi) is 4.31. The molecule has 1 saturated heterocycles. The molecule has 0 bridgehead atoms. The van der Waals surface area contributed by atoms with Gasteiger partial charge in [0.25, 0.3) is 0 Å². The van der Waals surface area contributed by atoms with E-state index in [-0.39, 0.29) is 18.1 Å². The highest BCUT2D eigenvalue weighted by molar-refractivity contribution is 9.10. The SMILES string of the molecule is CC(C)(C)C(=O)OC1NCCC1c1ccccc1Br. The molecule has 0 saturated carbocycles. The van der Waals surface area contributed by atoms with Crippen molar-refractivity contribution in [3.05, 3.63) is 34.3 Å². The van der Waals surface area contributed by atoms with Crippen LogP contribution in [0.25, 0.3) is 0 Å². The van der Waals surface area contributed by atoms with Crippen LogP contribution < -0.4 is 5.32 Å². The van der Waals surface area contributed by atoms with E-state index < -0.39 is 5.41 Å². The second kappa shape index (κ2) is 5.63. The van der Waals surface area contributed by atoms with Crippen LogP contribution in [-0.4, -0.2) is 18.7 Å². The molecule has 19 heavy (non-hydrogen) atoms. The topological polar surface area (TPSA) is 38.3 Å². The number of ether oxygens (including phenoxy) is 1. The van der Waals surface area contributed by atoms with Crippen LogP contribution in [0.3, 0.4) is 0 Å². The zero-order valence-electron chi connectivity index (χ0n) is 11.6. The second-order valence-electron chi connectivity index (χ2n) is 5.95. The van der Waals surface area contributed by atoms with Crippen molar-refractivity contribution in [2.24, 2.45) is 5.41 Å². The van der Waals surface area contributed by atoms with Crippen molar-refractivity contribution in [1.82, 2.24) is 5.32 Å². The van der Waals surface area contributed by atoms with Gasteiger partial charge in [0.1, 0.15) is 0 Å². The highest BCUT2D eigenvalue weighted by Crippen LogP contribution is 2.34. The minimum absolute atomic E-state index is 0.163. The van der Waals surface area contributed by atoms with Crippen LogP contribution in [0.15, 0.2) is 28.7 Å². The third-order valence-electron chi connectivity index (χ3n) is 3.32. The van der Waals surface area contributed by atoms with Crippen molar-refractivity contribution >= 4 is 21.9 Å². The fourth-order valence-corrected chi connectivity index (χ4v) is 2.76. The molecule has 0 amide bonds. The van der Waals surface area contributed by atoms with E-state index in [4.69, 9.17) is 4.74 Å². The number of halogens is 1. The molecule has 0 spiro atoms. The van der Waals surface area contributed by atoms with Gasteiger partial charge < -0.3 is 4.74 Å². The lowest BCUT2D eigenvalue weighted by atomic mass is 9.95. The third kappa shape index (κ3) is 3.37. The Hall–Kier alpha value is -0.870. The molecule has 1 aromatic rings. The van der Waals surface area contributed by atoms with E-state index in [1.165, 1.54) is 5.56 Å². The Morgan fingerprint density at radius 2 is 2.05 bits per heavy atom. The zero-order valence-corrected chi connectivity index (χ0v) is 13.2. The van der Waals surface area contributed by atoms with Gasteiger partial charge in [-0.1, -0.05) is 34.1 Å². The molecule has 104 valence electrons. The van der Waals surface area contributed by atoms with Gasteiger partial charge in [0.15, 0.2) is 6.23 Å². The minimum atomic E-state index is -0.470. The number of benzene rings is 1. The summed E-state index contributed by atoms with van der Waals surface area (Å²) in [6.45, 7) is 6.49. The quantitative estimate of drug-likeness (QED) is 0.846. The molecule has 0 aliphatic carbocycles. The molecule has 2 atom stereocenters. The van der Waals surface area contributed by atoms with E-state index in [1.807, 2.05) is 39.0 Å². The Morgan fingerprint density at radius 3 is 2.68 bits per heavy atom. The van der Waals surface area contributed by atoms with E-state index >= 15 is 0 Å².